The molecule has 3 rings (SSSR count). The maximum Gasteiger partial charge on any atom is 0 e. The van der Waals surface area contributed by atoms with Gasteiger partial charge in [0.15, 0.2) is 0 Å². The fraction of sp³-hybridized carbons (Fsp3) is 0.263. The summed E-state index contributed by atoms with van der Waals surface area (Å²) in [7, 11) is 0. The Morgan fingerprint density at radius 1 is 1.44 bits per heavy atom. The van der Waals surface area contributed by atoms with Crippen LogP contribution < -0.4 is 21.1 Å². The van der Waals surface area contributed by atoms with Crippen LogP contribution in [0.4, 0.5) is 5.95 Å². The van der Waals surface area contributed by atoms with Crippen LogP contribution in [0, 0.1) is 6.07 Å². The first-order chi connectivity index (χ1) is 15.0. The van der Waals surface area contributed by atoms with Gasteiger partial charge in [-0.3, -0.25) is 0 Å². The molecule has 0 aliphatic carbocycles. The number of thioether (sulfide) groups is 1. The topological polar surface area (TPSA) is 153 Å². The van der Waals surface area contributed by atoms with E-state index in [0.717, 1.165) is 10.2 Å². The third-order valence-electron chi connectivity index (χ3n) is 4.00. The van der Waals surface area contributed by atoms with Crippen molar-refractivity contribution in [1.29, 1.82) is 0 Å². The van der Waals surface area contributed by atoms with Crippen LogP contribution in [0.3, 0.4) is 0 Å². The number of benzene rings is 1. The van der Waals surface area contributed by atoms with Gasteiger partial charge in [-0.2, -0.15) is 0 Å². The van der Waals surface area contributed by atoms with Crippen molar-refractivity contribution in [3.63, 3.8) is 0 Å². The van der Waals surface area contributed by atoms with Gasteiger partial charge in [0.2, 0.25) is 0 Å². The maximum absolute atomic E-state index is 12.4. The van der Waals surface area contributed by atoms with Crippen LogP contribution in [0.2, 0.25) is 0 Å². The molecule has 1 atom stereocenters. The Labute approximate surface area is 219 Å². The van der Waals surface area contributed by atoms with Gasteiger partial charge in [-0.25, -0.2) is 0 Å². The SMILES string of the molecule is CSCCC(NC(=O)c1[c-]cc([Se]Cc2cnc3nc(N)[nH]c(=O)c3n2)cc1)OC=O.[Y]. The monoisotopic (exact) mass is 596 g/mol. The molecule has 13 heteroatoms. The minimum absolute atomic E-state index is 0. The average Bonchev–Trinajstić information content (AvgIpc) is 2.76. The van der Waals surface area contributed by atoms with Crippen molar-refractivity contribution in [2.75, 3.05) is 17.7 Å². The number of nitrogens with zero attached hydrogens (tertiary/aromatic N) is 3. The van der Waals surface area contributed by atoms with Crippen LogP contribution in [0.1, 0.15) is 22.5 Å². The first kappa shape index (κ1) is 26.4. The molecule has 1 aromatic carbocycles. The van der Waals surface area contributed by atoms with Crippen LogP contribution in [0.15, 0.2) is 29.2 Å². The van der Waals surface area contributed by atoms with Crippen LogP contribution >= 0.6 is 11.8 Å². The molecule has 0 aliphatic heterocycles. The van der Waals surface area contributed by atoms with E-state index in [0.29, 0.717) is 29.5 Å². The summed E-state index contributed by atoms with van der Waals surface area (Å²) < 4.78 is 5.91. The molecular formula is C19H19N6O4SSeY-. The van der Waals surface area contributed by atoms with Crippen molar-refractivity contribution in [3.05, 3.63) is 52.1 Å². The van der Waals surface area contributed by atoms with Gasteiger partial charge < -0.3 is 0 Å². The van der Waals surface area contributed by atoms with E-state index < -0.39 is 11.8 Å². The van der Waals surface area contributed by atoms with Crippen LogP contribution in [-0.2, 0) is 47.6 Å². The van der Waals surface area contributed by atoms with Crippen LogP contribution in [-0.4, -0.2) is 65.5 Å². The molecule has 0 aliphatic rings. The van der Waals surface area contributed by atoms with Crippen LogP contribution in [0.5, 0.6) is 0 Å². The summed E-state index contributed by atoms with van der Waals surface area (Å²) in [6, 6.07) is 8.22. The molecule has 0 bridgehead atoms. The number of ether oxygens (including phenoxy) is 1. The Morgan fingerprint density at radius 3 is 2.94 bits per heavy atom. The zero-order valence-electron chi connectivity index (χ0n) is 17.0. The van der Waals surface area contributed by atoms with Crippen molar-refractivity contribution in [3.8, 4) is 0 Å². The number of rotatable bonds is 10. The molecule has 2 aromatic heterocycles. The molecule has 165 valence electrons. The molecule has 0 saturated heterocycles. The number of carbonyl (C=O) groups is 2. The number of amides is 1. The molecule has 4 N–H and O–H groups in total. The molecule has 3 aromatic rings. The number of hydrogen-bond acceptors (Lipinski definition) is 9. The summed E-state index contributed by atoms with van der Waals surface area (Å²) in [4.78, 5) is 49.8. The Hall–Kier alpha value is -1.85. The minimum Gasteiger partial charge on any atom is 0 e. The Morgan fingerprint density at radius 2 is 2.25 bits per heavy atom. The normalized spacial score (nSPS) is 11.4. The summed E-state index contributed by atoms with van der Waals surface area (Å²) >= 11 is 1.58. The van der Waals surface area contributed by atoms with E-state index in [1.54, 1.807) is 30.1 Å². The fourth-order valence-corrected chi connectivity index (χ4v) is 4.57. The molecule has 2 heterocycles. The first-order valence-electron chi connectivity index (χ1n) is 9.05. The number of aromatic amines is 1. The molecular weight excluding hydrogens is 576 g/mol. The number of hydrogen-bond donors (Lipinski definition) is 3. The van der Waals surface area contributed by atoms with E-state index in [9.17, 15) is 14.4 Å². The molecule has 1 unspecified atom stereocenters. The van der Waals surface area contributed by atoms with E-state index in [-0.39, 0.29) is 70.7 Å². The van der Waals surface area contributed by atoms with Crippen LogP contribution in [0.25, 0.3) is 11.2 Å². The molecule has 1 radical (unpaired) electrons. The summed E-state index contributed by atoms with van der Waals surface area (Å²) in [5.74, 6) is 0.381. The number of H-pyrrole nitrogens is 1. The summed E-state index contributed by atoms with van der Waals surface area (Å²) in [6.45, 7) is 0.328. The quantitative estimate of drug-likeness (QED) is 0.123. The standard InChI is InChI=1S/C19H19N6O4SSe.Y/c1-30-7-6-14(29-10-26)23-17(27)11-2-4-13(5-3-11)31-9-12-8-21-16-15(22-12)18(28)25-19(20)24-16;/h2,4-5,8,10,14H,6-7,9H2,1H3,(H,23,27)(H3,20,21,24,25,28);/q-1;. The van der Waals surface area contributed by atoms with E-state index in [2.05, 4.69) is 31.3 Å². The molecule has 1 amide bonds. The zero-order chi connectivity index (χ0) is 22.2. The van der Waals surface area contributed by atoms with Gasteiger partial charge in [-0.05, 0) is 0 Å². The van der Waals surface area contributed by atoms with Gasteiger partial charge in [0.05, 0.1) is 0 Å². The molecule has 0 fully saturated rings. The average molecular weight is 595 g/mol. The van der Waals surface area contributed by atoms with E-state index in [1.807, 2.05) is 12.3 Å². The molecule has 0 spiro atoms. The summed E-state index contributed by atoms with van der Waals surface area (Å²) in [6.07, 6.45) is 3.35. The Bertz CT molecular complexity index is 1130. The van der Waals surface area contributed by atoms with Crippen molar-refractivity contribution in [2.45, 2.75) is 18.0 Å². The predicted molar refractivity (Wildman–Crippen MR) is 118 cm³/mol. The number of nitrogens with one attached hydrogen (secondary N) is 2. The second-order valence-electron chi connectivity index (χ2n) is 6.19. The predicted octanol–water partition coefficient (Wildman–Crippen LogP) is -0.395. The molecule has 0 saturated carbocycles. The summed E-state index contributed by atoms with van der Waals surface area (Å²) in [5, 5.41) is 3.28. The molecule has 32 heavy (non-hydrogen) atoms. The fourth-order valence-electron chi connectivity index (χ4n) is 2.53. The third kappa shape index (κ3) is 7.35. The van der Waals surface area contributed by atoms with Gasteiger partial charge in [0.25, 0.3) is 0 Å². The van der Waals surface area contributed by atoms with E-state index in [1.165, 1.54) is 0 Å². The number of aromatic nitrogens is 4. The number of anilines is 1. The Balaban J connectivity index is 0.00000363. The number of carbonyl (C=O) groups excluding carboxylic acids is 2. The third-order valence-corrected chi connectivity index (χ3v) is 6.80. The number of nitrogens with two attached hydrogens (primary N) is 1. The van der Waals surface area contributed by atoms with Crippen molar-refractivity contribution in [2.24, 2.45) is 0 Å². The maximum atomic E-state index is 12.4. The van der Waals surface area contributed by atoms with E-state index in [4.69, 9.17) is 10.5 Å². The van der Waals surface area contributed by atoms with Gasteiger partial charge in [0.1, 0.15) is 0 Å². The van der Waals surface area contributed by atoms with Gasteiger partial charge >= 0.3 is 188 Å². The van der Waals surface area contributed by atoms with E-state index >= 15 is 0 Å². The zero-order valence-corrected chi connectivity index (χ0v) is 22.4. The van der Waals surface area contributed by atoms with Crippen molar-refractivity contribution in [1.82, 2.24) is 25.3 Å². The molecule has 10 nitrogen and oxygen atoms in total. The second-order valence-corrected chi connectivity index (χ2v) is 9.37. The second kappa shape index (κ2) is 13.0. The van der Waals surface area contributed by atoms with Crippen molar-refractivity contribution >= 4 is 60.7 Å². The number of nitrogen functional groups attached to an aromatic ring is 1. The minimum atomic E-state index is -0.672. The Kier molecular flexibility index (Phi) is 10.7. The number of fused-ring (bicyclic) bond motifs is 1. The van der Waals surface area contributed by atoms with Gasteiger partial charge in [-0.1, -0.05) is 0 Å². The van der Waals surface area contributed by atoms with Gasteiger partial charge in [-0.15, -0.1) is 0 Å². The summed E-state index contributed by atoms with van der Waals surface area (Å²) in [5.41, 5.74) is 6.44. The first-order valence-corrected chi connectivity index (χ1v) is 12.5. The van der Waals surface area contributed by atoms with Crippen molar-refractivity contribution < 1.29 is 47.0 Å². The smallest absolute Gasteiger partial charge is 0 e. The largest absolute Gasteiger partial charge is 0 e. The van der Waals surface area contributed by atoms with Gasteiger partial charge in [0, 0.05) is 32.7 Å².